The Morgan fingerprint density at radius 1 is 1.09 bits per heavy atom. The maximum absolute atomic E-state index is 13.4. The lowest BCUT2D eigenvalue weighted by molar-refractivity contribution is -0.145. The van der Waals surface area contributed by atoms with Crippen LogP contribution in [0.3, 0.4) is 0 Å². The molecule has 0 bridgehead atoms. The summed E-state index contributed by atoms with van der Waals surface area (Å²) in [5.41, 5.74) is 21.8. The minimum atomic E-state index is -1.24. The van der Waals surface area contributed by atoms with E-state index in [9.17, 15) is 29.4 Å². The average molecular weight is 501 g/mol. The third-order valence-electron chi connectivity index (χ3n) is 5.78. The van der Waals surface area contributed by atoms with Crippen molar-refractivity contribution in [2.45, 2.75) is 82.1 Å². The highest BCUT2D eigenvalue weighted by Crippen LogP contribution is 2.20. The number of unbranched alkanes of at least 4 members (excludes halogenated alkanes) is 1. The van der Waals surface area contributed by atoms with E-state index in [-0.39, 0.29) is 31.9 Å². The normalized spacial score (nSPS) is 18.7. The molecule has 0 aromatic carbocycles. The van der Waals surface area contributed by atoms with E-state index in [2.05, 4.69) is 15.6 Å². The zero-order valence-corrected chi connectivity index (χ0v) is 20.2. The van der Waals surface area contributed by atoms with Crippen molar-refractivity contribution in [3.05, 3.63) is 0 Å². The predicted molar refractivity (Wildman–Crippen MR) is 129 cm³/mol. The number of carboxylic acids is 1. The van der Waals surface area contributed by atoms with E-state index >= 15 is 0 Å². The number of likely N-dealkylation sites (tertiary alicyclic amines) is 1. The molecule has 1 heterocycles. The number of aliphatic imine (C=N–C) groups is 1. The van der Waals surface area contributed by atoms with Crippen molar-refractivity contribution < 1.29 is 29.4 Å². The Hall–Kier alpha value is -2.97. The topological polar surface area (TPSA) is 252 Å². The smallest absolute Gasteiger partial charge is 0.326 e. The lowest BCUT2D eigenvalue weighted by atomic mass is 10.1. The van der Waals surface area contributed by atoms with Crippen molar-refractivity contribution >= 4 is 29.7 Å². The first-order chi connectivity index (χ1) is 16.5. The molecule has 0 aromatic heterocycles. The molecular weight excluding hydrogens is 460 g/mol. The monoisotopic (exact) mass is 500 g/mol. The van der Waals surface area contributed by atoms with E-state index in [0.29, 0.717) is 38.6 Å². The average Bonchev–Trinajstić information content (AvgIpc) is 3.29. The van der Waals surface area contributed by atoms with Gasteiger partial charge in [-0.15, -0.1) is 0 Å². The van der Waals surface area contributed by atoms with Crippen LogP contribution in [0.4, 0.5) is 0 Å². The summed E-state index contributed by atoms with van der Waals surface area (Å²) in [7, 11) is 0. The predicted octanol–water partition coefficient (Wildman–Crippen LogP) is -3.08. The number of carbonyl (C=O) groups excluding carboxylic acids is 3. The Bertz CT molecular complexity index is 758. The second-order valence-corrected chi connectivity index (χ2v) is 8.65. The fraction of sp³-hybridized carbons (Fsp3) is 0.762. The number of nitrogens with one attached hydrogen (secondary N) is 2. The lowest BCUT2D eigenvalue weighted by Gasteiger charge is -2.30. The number of nitrogens with zero attached hydrogens (tertiary/aromatic N) is 2. The van der Waals surface area contributed by atoms with Gasteiger partial charge in [0.1, 0.15) is 24.2 Å². The summed E-state index contributed by atoms with van der Waals surface area (Å²) < 4.78 is 0. The first kappa shape index (κ1) is 30.1. The van der Waals surface area contributed by atoms with Gasteiger partial charge in [0, 0.05) is 13.1 Å². The van der Waals surface area contributed by atoms with Crippen LogP contribution in [0.1, 0.15) is 51.9 Å². The highest BCUT2D eigenvalue weighted by molar-refractivity contribution is 5.94. The van der Waals surface area contributed by atoms with E-state index in [1.807, 2.05) is 0 Å². The van der Waals surface area contributed by atoms with Crippen molar-refractivity contribution in [1.29, 1.82) is 0 Å². The van der Waals surface area contributed by atoms with Crippen LogP contribution in [-0.2, 0) is 19.2 Å². The van der Waals surface area contributed by atoms with E-state index in [0.717, 1.165) is 0 Å². The zero-order chi connectivity index (χ0) is 26.5. The van der Waals surface area contributed by atoms with E-state index in [4.69, 9.17) is 22.9 Å². The Balaban J connectivity index is 2.95. The molecule has 1 saturated heterocycles. The van der Waals surface area contributed by atoms with Crippen LogP contribution in [0.25, 0.3) is 0 Å². The van der Waals surface area contributed by atoms with Crippen LogP contribution in [0.15, 0.2) is 4.99 Å². The van der Waals surface area contributed by atoms with Crippen LogP contribution in [-0.4, -0.2) is 94.7 Å². The standard InChI is InChI=1S/C21H40N8O6/c1-12(30)16(23)18(32)27-13(7-4-10-26-21(24)25)19(33)29-11-5-8-15(29)17(31)28-14(20(34)35)6-2-3-9-22/h12-16,30H,2-11,22-23H2,1H3,(H,27,32)(H,28,31)(H,34,35)(H4,24,25,26)/t12-,13+,14+,15+,16+/m1/s1. The van der Waals surface area contributed by atoms with E-state index in [1.165, 1.54) is 11.8 Å². The Labute approximate surface area is 204 Å². The Kier molecular flexibility index (Phi) is 13.0. The zero-order valence-electron chi connectivity index (χ0n) is 20.2. The molecule has 1 rings (SSSR count). The summed E-state index contributed by atoms with van der Waals surface area (Å²) >= 11 is 0. The van der Waals surface area contributed by atoms with Gasteiger partial charge in [-0.3, -0.25) is 19.4 Å². The largest absolute Gasteiger partial charge is 0.480 e. The number of aliphatic hydroxyl groups is 1. The highest BCUT2D eigenvalue weighted by atomic mass is 16.4. The van der Waals surface area contributed by atoms with Gasteiger partial charge >= 0.3 is 5.97 Å². The second-order valence-electron chi connectivity index (χ2n) is 8.65. The number of carbonyl (C=O) groups is 4. The number of carboxylic acid groups (broad SMARTS) is 1. The molecule has 1 aliphatic heterocycles. The fourth-order valence-electron chi connectivity index (χ4n) is 3.77. The molecule has 0 aliphatic carbocycles. The number of guanidine groups is 1. The van der Waals surface area contributed by atoms with Gasteiger partial charge < -0.3 is 48.7 Å². The van der Waals surface area contributed by atoms with Gasteiger partial charge in [-0.05, 0) is 58.4 Å². The third-order valence-corrected chi connectivity index (χ3v) is 5.78. The van der Waals surface area contributed by atoms with Gasteiger partial charge in [-0.1, -0.05) is 0 Å². The molecule has 0 spiro atoms. The minimum Gasteiger partial charge on any atom is -0.480 e. The van der Waals surface area contributed by atoms with Crippen LogP contribution >= 0.6 is 0 Å². The highest BCUT2D eigenvalue weighted by Gasteiger charge is 2.39. The van der Waals surface area contributed by atoms with Crippen LogP contribution in [0, 0.1) is 0 Å². The van der Waals surface area contributed by atoms with Crippen LogP contribution in [0.2, 0.25) is 0 Å². The van der Waals surface area contributed by atoms with Gasteiger partial charge in [0.2, 0.25) is 17.7 Å². The number of hydrogen-bond donors (Lipinski definition) is 8. The molecule has 35 heavy (non-hydrogen) atoms. The molecule has 0 unspecified atom stereocenters. The summed E-state index contributed by atoms with van der Waals surface area (Å²) in [5, 5.41) is 24.1. The summed E-state index contributed by atoms with van der Waals surface area (Å²) in [6.07, 6.45) is 1.66. The minimum absolute atomic E-state index is 0.108. The molecule has 12 N–H and O–H groups in total. The molecule has 0 saturated carbocycles. The maximum atomic E-state index is 13.4. The first-order valence-corrected chi connectivity index (χ1v) is 11.8. The van der Waals surface area contributed by atoms with Crippen molar-refractivity contribution in [2.24, 2.45) is 27.9 Å². The van der Waals surface area contributed by atoms with E-state index in [1.54, 1.807) is 0 Å². The Morgan fingerprint density at radius 3 is 2.31 bits per heavy atom. The molecule has 5 atom stereocenters. The van der Waals surface area contributed by atoms with E-state index < -0.39 is 54.0 Å². The van der Waals surface area contributed by atoms with Crippen molar-refractivity contribution in [1.82, 2.24) is 15.5 Å². The molecule has 14 heteroatoms. The SMILES string of the molecule is C[C@@H](O)[C@H](N)C(=O)N[C@@H](CCCN=C(N)N)C(=O)N1CCC[C@H]1C(=O)N[C@@H](CCCCN)C(=O)O. The third kappa shape index (κ3) is 10.0. The number of amides is 3. The molecule has 0 aromatic rings. The molecule has 3 amide bonds. The molecule has 14 nitrogen and oxygen atoms in total. The summed E-state index contributed by atoms with van der Waals surface area (Å²) in [6, 6.07) is -4.24. The van der Waals surface area contributed by atoms with Gasteiger partial charge in [-0.25, -0.2) is 4.79 Å². The van der Waals surface area contributed by atoms with Gasteiger partial charge in [0.25, 0.3) is 0 Å². The summed E-state index contributed by atoms with van der Waals surface area (Å²) in [4.78, 5) is 55.5. The quantitative estimate of drug-likeness (QED) is 0.0639. The van der Waals surface area contributed by atoms with Crippen LogP contribution < -0.4 is 33.6 Å². The van der Waals surface area contributed by atoms with Crippen molar-refractivity contribution in [3.8, 4) is 0 Å². The number of nitrogens with two attached hydrogens (primary N) is 4. The lowest BCUT2D eigenvalue weighted by Crippen LogP contribution is -2.57. The number of aliphatic carboxylic acids is 1. The molecule has 0 radical (unpaired) electrons. The summed E-state index contributed by atoms with van der Waals surface area (Å²) in [5.74, 6) is -3.06. The van der Waals surface area contributed by atoms with Crippen molar-refractivity contribution in [3.63, 3.8) is 0 Å². The van der Waals surface area contributed by atoms with Gasteiger partial charge in [0.15, 0.2) is 5.96 Å². The number of rotatable bonds is 15. The van der Waals surface area contributed by atoms with Crippen LogP contribution in [0.5, 0.6) is 0 Å². The number of aliphatic hydroxyl groups excluding tert-OH is 1. The van der Waals surface area contributed by atoms with Gasteiger partial charge in [-0.2, -0.15) is 0 Å². The fourth-order valence-corrected chi connectivity index (χ4v) is 3.77. The maximum Gasteiger partial charge on any atom is 0.326 e. The van der Waals surface area contributed by atoms with Crippen molar-refractivity contribution in [2.75, 3.05) is 19.6 Å². The summed E-state index contributed by atoms with van der Waals surface area (Å²) in [6.45, 7) is 2.26. The molecular formula is C21H40N8O6. The molecule has 1 aliphatic rings. The Morgan fingerprint density at radius 2 is 1.74 bits per heavy atom. The molecule has 200 valence electrons. The number of hydrogen-bond acceptors (Lipinski definition) is 8. The van der Waals surface area contributed by atoms with Gasteiger partial charge in [0.05, 0.1) is 6.10 Å². The molecule has 1 fully saturated rings. The second kappa shape index (κ2) is 15.1. The first-order valence-electron chi connectivity index (χ1n) is 11.8.